The number of nitrogens with two attached hydrogens (primary N) is 2. The van der Waals surface area contributed by atoms with E-state index in [1.54, 1.807) is 0 Å². The fraction of sp³-hybridized carbons (Fsp3) is 0.846. The molecule has 4 N–H and O–H groups in total. The summed E-state index contributed by atoms with van der Waals surface area (Å²) in [5.74, 6) is -0.0516. The summed E-state index contributed by atoms with van der Waals surface area (Å²) in [6.07, 6.45) is 7.63. The molecule has 98 valence electrons. The smallest absolute Gasteiger partial charge is 0.162 e. The van der Waals surface area contributed by atoms with Crippen molar-refractivity contribution in [1.82, 2.24) is 0 Å². The molecule has 1 rings (SSSR count). The van der Waals surface area contributed by atoms with Gasteiger partial charge in [-0.3, -0.25) is 4.79 Å². The lowest BCUT2D eigenvalue weighted by atomic mass is 9.70. The van der Waals surface area contributed by atoms with E-state index in [1.807, 2.05) is 0 Å². The number of hydrogen-bond acceptors (Lipinski definition) is 4. The molecule has 1 aliphatic carbocycles. The highest BCUT2D eigenvalue weighted by atomic mass is 16.1. The van der Waals surface area contributed by atoms with Crippen LogP contribution in [-0.4, -0.2) is 24.7 Å². The first kappa shape index (κ1) is 14.3. The van der Waals surface area contributed by atoms with Crippen LogP contribution in [0.25, 0.3) is 0 Å². The number of ketones is 1. The zero-order valence-electron chi connectivity index (χ0n) is 10.5. The Hall–Kier alpha value is -0.740. The third-order valence-electron chi connectivity index (χ3n) is 3.77. The molecular weight excluding hydrogens is 216 g/mol. The topological polar surface area (TPSA) is 86.2 Å². The summed E-state index contributed by atoms with van der Waals surface area (Å²) in [7, 11) is 0. The molecule has 0 bridgehead atoms. The van der Waals surface area contributed by atoms with Gasteiger partial charge in [-0.15, -0.1) is 0 Å². The van der Waals surface area contributed by atoms with Crippen molar-refractivity contribution < 1.29 is 9.59 Å². The van der Waals surface area contributed by atoms with Gasteiger partial charge in [-0.1, -0.05) is 25.7 Å². The standard InChI is InChI=1S/C13H24N2O2/c14-9-5-2-6-11(15)12(17)13(10-16)7-3-1-4-8-13/h10-11H,1-9,14-15H2/t11-/m1/s1. The first-order chi connectivity index (χ1) is 8.16. The maximum Gasteiger partial charge on any atom is 0.162 e. The van der Waals surface area contributed by atoms with E-state index in [0.29, 0.717) is 25.8 Å². The summed E-state index contributed by atoms with van der Waals surface area (Å²) in [6.45, 7) is 0.625. The van der Waals surface area contributed by atoms with Crippen LogP contribution < -0.4 is 11.5 Å². The van der Waals surface area contributed by atoms with Gasteiger partial charge < -0.3 is 16.3 Å². The maximum absolute atomic E-state index is 12.3. The quantitative estimate of drug-likeness (QED) is 0.397. The highest BCUT2D eigenvalue weighted by Crippen LogP contribution is 2.36. The Bertz CT molecular complexity index is 260. The molecule has 0 amide bonds. The van der Waals surface area contributed by atoms with Crippen LogP contribution >= 0.6 is 0 Å². The Morgan fingerprint density at radius 3 is 2.41 bits per heavy atom. The van der Waals surface area contributed by atoms with Gasteiger partial charge in [0.1, 0.15) is 6.29 Å². The fourth-order valence-corrected chi connectivity index (χ4v) is 2.61. The molecule has 0 radical (unpaired) electrons. The van der Waals surface area contributed by atoms with Crippen LogP contribution in [0.5, 0.6) is 0 Å². The highest BCUT2D eigenvalue weighted by Gasteiger charge is 2.41. The van der Waals surface area contributed by atoms with E-state index in [2.05, 4.69) is 0 Å². The van der Waals surface area contributed by atoms with Crippen molar-refractivity contribution >= 4 is 12.1 Å². The van der Waals surface area contributed by atoms with Crippen molar-refractivity contribution in [2.45, 2.75) is 57.4 Å². The molecule has 1 fully saturated rings. The molecule has 4 nitrogen and oxygen atoms in total. The molecule has 0 aromatic rings. The van der Waals surface area contributed by atoms with Gasteiger partial charge in [0, 0.05) is 0 Å². The fourth-order valence-electron chi connectivity index (χ4n) is 2.61. The molecule has 0 saturated heterocycles. The monoisotopic (exact) mass is 240 g/mol. The van der Waals surface area contributed by atoms with Gasteiger partial charge in [0.05, 0.1) is 11.5 Å². The Labute approximate surface area is 103 Å². The molecule has 1 atom stereocenters. The van der Waals surface area contributed by atoms with E-state index >= 15 is 0 Å². The van der Waals surface area contributed by atoms with Crippen molar-refractivity contribution in [3.05, 3.63) is 0 Å². The highest BCUT2D eigenvalue weighted by molar-refractivity contribution is 6.01. The normalized spacial score (nSPS) is 20.8. The predicted octanol–water partition coefficient (Wildman–Crippen LogP) is 1.16. The minimum Gasteiger partial charge on any atom is -0.330 e. The van der Waals surface area contributed by atoms with E-state index in [9.17, 15) is 9.59 Å². The van der Waals surface area contributed by atoms with Gasteiger partial charge >= 0.3 is 0 Å². The van der Waals surface area contributed by atoms with E-state index in [0.717, 1.165) is 38.4 Å². The average molecular weight is 240 g/mol. The molecule has 0 heterocycles. The SMILES string of the molecule is NCCCC[C@@H](N)C(=O)C1(C=O)CCCCC1. The van der Waals surface area contributed by atoms with Crippen LogP contribution in [0.4, 0.5) is 0 Å². The second-order valence-electron chi connectivity index (χ2n) is 5.09. The predicted molar refractivity (Wildman–Crippen MR) is 67.5 cm³/mol. The third kappa shape index (κ3) is 3.61. The van der Waals surface area contributed by atoms with E-state index in [4.69, 9.17) is 11.5 Å². The second kappa shape index (κ2) is 6.87. The molecule has 4 heteroatoms. The molecule has 1 saturated carbocycles. The third-order valence-corrected chi connectivity index (χ3v) is 3.77. The molecule has 0 aromatic carbocycles. The Balaban J connectivity index is 2.55. The first-order valence-electron chi connectivity index (χ1n) is 6.62. The number of unbranched alkanes of at least 4 members (excludes halogenated alkanes) is 1. The van der Waals surface area contributed by atoms with Crippen LogP contribution in [0.2, 0.25) is 0 Å². The molecule has 0 aromatic heterocycles. The van der Waals surface area contributed by atoms with Crippen LogP contribution in [0, 0.1) is 5.41 Å². The zero-order chi connectivity index (χ0) is 12.7. The van der Waals surface area contributed by atoms with Crippen LogP contribution in [-0.2, 0) is 9.59 Å². The Morgan fingerprint density at radius 2 is 1.88 bits per heavy atom. The summed E-state index contributed by atoms with van der Waals surface area (Å²) >= 11 is 0. The van der Waals surface area contributed by atoms with E-state index < -0.39 is 11.5 Å². The van der Waals surface area contributed by atoms with Crippen LogP contribution in [0.3, 0.4) is 0 Å². The lowest BCUT2D eigenvalue weighted by Crippen LogP contribution is -2.45. The lowest BCUT2D eigenvalue weighted by Gasteiger charge is -2.32. The lowest BCUT2D eigenvalue weighted by molar-refractivity contribution is -0.137. The van der Waals surface area contributed by atoms with Gasteiger partial charge in [0.15, 0.2) is 5.78 Å². The number of carbonyl (C=O) groups is 2. The summed E-state index contributed by atoms with van der Waals surface area (Å²) < 4.78 is 0. The van der Waals surface area contributed by atoms with Gasteiger partial charge in [-0.25, -0.2) is 0 Å². The van der Waals surface area contributed by atoms with Gasteiger partial charge in [0.2, 0.25) is 0 Å². The molecule has 0 unspecified atom stereocenters. The van der Waals surface area contributed by atoms with Gasteiger partial charge in [0.25, 0.3) is 0 Å². The largest absolute Gasteiger partial charge is 0.330 e. The summed E-state index contributed by atoms with van der Waals surface area (Å²) in [4.78, 5) is 23.5. The van der Waals surface area contributed by atoms with E-state index in [-0.39, 0.29) is 5.78 Å². The number of carbonyl (C=O) groups excluding carboxylic acids is 2. The Kier molecular flexibility index (Phi) is 5.78. The number of aldehydes is 1. The molecule has 0 aliphatic heterocycles. The van der Waals surface area contributed by atoms with Crippen molar-refractivity contribution in [2.24, 2.45) is 16.9 Å². The van der Waals surface area contributed by atoms with Crippen molar-refractivity contribution in [3.8, 4) is 0 Å². The van der Waals surface area contributed by atoms with Crippen LogP contribution in [0.15, 0.2) is 0 Å². The maximum atomic E-state index is 12.3. The van der Waals surface area contributed by atoms with Crippen LogP contribution in [0.1, 0.15) is 51.4 Å². The number of rotatable bonds is 7. The molecular formula is C13H24N2O2. The minimum atomic E-state index is -0.777. The summed E-state index contributed by atoms with van der Waals surface area (Å²) in [5, 5.41) is 0. The molecule has 17 heavy (non-hydrogen) atoms. The molecule has 1 aliphatic rings. The van der Waals surface area contributed by atoms with Crippen molar-refractivity contribution in [2.75, 3.05) is 6.54 Å². The number of Topliss-reactive ketones (excluding diaryl/α,β-unsaturated/α-hetero) is 1. The van der Waals surface area contributed by atoms with Crippen molar-refractivity contribution in [1.29, 1.82) is 0 Å². The Morgan fingerprint density at radius 1 is 1.24 bits per heavy atom. The summed E-state index contributed by atoms with van der Waals surface area (Å²) in [5.41, 5.74) is 10.5. The number of hydrogen-bond donors (Lipinski definition) is 2. The first-order valence-corrected chi connectivity index (χ1v) is 6.62. The minimum absolute atomic E-state index is 0.0516. The van der Waals surface area contributed by atoms with Gasteiger partial charge in [-0.05, 0) is 32.2 Å². The average Bonchev–Trinajstić information content (AvgIpc) is 2.38. The summed E-state index contributed by atoms with van der Waals surface area (Å²) in [6, 6.07) is -0.496. The second-order valence-corrected chi connectivity index (χ2v) is 5.09. The van der Waals surface area contributed by atoms with Crippen molar-refractivity contribution in [3.63, 3.8) is 0 Å². The molecule has 0 spiro atoms. The van der Waals surface area contributed by atoms with Gasteiger partial charge in [-0.2, -0.15) is 0 Å². The zero-order valence-corrected chi connectivity index (χ0v) is 10.5. The van der Waals surface area contributed by atoms with E-state index in [1.165, 1.54) is 0 Å².